The molecule has 3 fully saturated rings. The Morgan fingerprint density at radius 3 is 2.58 bits per heavy atom. The third kappa shape index (κ3) is 1.62. The van der Waals surface area contributed by atoms with E-state index in [4.69, 9.17) is 4.74 Å². The van der Waals surface area contributed by atoms with Crippen LogP contribution in [-0.4, -0.2) is 36.1 Å². The van der Waals surface area contributed by atoms with Gasteiger partial charge in [0.1, 0.15) is 5.82 Å². The zero-order valence-corrected chi connectivity index (χ0v) is 10.6. The number of hydrogen-bond donors (Lipinski definition) is 0. The molecule has 1 aromatic rings. The van der Waals surface area contributed by atoms with Crippen molar-refractivity contribution in [1.29, 1.82) is 0 Å². The second-order valence-electron chi connectivity index (χ2n) is 5.89. The molecule has 2 aliphatic heterocycles. The van der Waals surface area contributed by atoms with Crippen molar-refractivity contribution in [3.05, 3.63) is 35.6 Å². The lowest BCUT2D eigenvalue weighted by Crippen LogP contribution is -2.46. The predicted octanol–water partition coefficient (Wildman–Crippen LogP) is 1.86. The molecular formula is C15H16FNO2. The molecule has 3 nitrogen and oxygen atoms in total. The molecule has 2 bridgehead atoms. The lowest BCUT2D eigenvalue weighted by molar-refractivity contribution is -0.138. The van der Waals surface area contributed by atoms with Crippen molar-refractivity contribution >= 4 is 5.91 Å². The van der Waals surface area contributed by atoms with Gasteiger partial charge in [0.25, 0.3) is 0 Å². The first kappa shape index (κ1) is 11.4. The van der Waals surface area contributed by atoms with E-state index in [-0.39, 0.29) is 29.3 Å². The minimum atomic E-state index is -0.377. The average molecular weight is 261 g/mol. The van der Waals surface area contributed by atoms with Crippen LogP contribution in [0.25, 0.3) is 0 Å². The molecule has 1 amide bonds. The Bertz CT molecular complexity index is 523. The Labute approximate surface area is 111 Å². The van der Waals surface area contributed by atoms with E-state index in [1.165, 1.54) is 12.1 Å². The smallest absolute Gasteiger partial charge is 0.233 e. The highest BCUT2D eigenvalue weighted by Gasteiger charge is 2.56. The number of carbonyl (C=O) groups is 1. The summed E-state index contributed by atoms with van der Waals surface area (Å²) >= 11 is 0. The van der Waals surface area contributed by atoms with Crippen molar-refractivity contribution in [2.75, 3.05) is 13.2 Å². The fourth-order valence-electron chi connectivity index (χ4n) is 3.44. The van der Waals surface area contributed by atoms with Gasteiger partial charge in [-0.15, -0.1) is 0 Å². The van der Waals surface area contributed by atoms with Crippen molar-refractivity contribution in [3.63, 3.8) is 0 Å². The Kier molecular flexibility index (Phi) is 2.28. The van der Waals surface area contributed by atoms with Crippen LogP contribution in [0.3, 0.4) is 0 Å². The second kappa shape index (κ2) is 3.79. The number of carbonyl (C=O) groups excluding carboxylic acids is 1. The molecule has 3 aliphatic rings. The van der Waals surface area contributed by atoms with Crippen LogP contribution < -0.4 is 0 Å². The number of ether oxygens (including phenoxy) is 1. The third-order valence-corrected chi connectivity index (χ3v) is 4.72. The van der Waals surface area contributed by atoms with E-state index >= 15 is 0 Å². The lowest BCUT2D eigenvalue weighted by atomic mass is 9.94. The standard InChI is InChI=1S/C15H16FNO2/c16-11-3-1-10(2-4-11)15(5-6-15)14(18)17-8-13-7-12(17)9-19-13/h1-4,12-13H,5-9H2. The van der Waals surface area contributed by atoms with Crippen LogP contribution in [0.1, 0.15) is 24.8 Å². The molecule has 2 unspecified atom stereocenters. The summed E-state index contributed by atoms with van der Waals surface area (Å²) in [5.41, 5.74) is 0.584. The highest BCUT2D eigenvalue weighted by molar-refractivity contribution is 5.91. The minimum absolute atomic E-state index is 0.218. The van der Waals surface area contributed by atoms with Gasteiger partial charge in [-0.3, -0.25) is 4.79 Å². The van der Waals surface area contributed by atoms with Crippen LogP contribution in [-0.2, 0) is 14.9 Å². The zero-order valence-electron chi connectivity index (χ0n) is 10.6. The maximum atomic E-state index is 13.0. The molecule has 0 aromatic heterocycles. The molecule has 100 valence electrons. The van der Waals surface area contributed by atoms with Crippen LogP contribution in [0.4, 0.5) is 4.39 Å². The molecule has 4 heteroatoms. The molecule has 0 N–H and O–H groups in total. The number of morpholine rings is 1. The summed E-state index contributed by atoms with van der Waals surface area (Å²) in [5.74, 6) is -0.0319. The van der Waals surface area contributed by atoms with Crippen molar-refractivity contribution in [3.8, 4) is 0 Å². The molecule has 1 aliphatic carbocycles. The maximum absolute atomic E-state index is 13.0. The largest absolute Gasteiger partial charge is 0.374 e. The number of nitrogens with zero attached hydrogens (tertiary/aromatic N) is 1. The quantitative estimate of drug-likeness (QED) is 0.813. The van der Waals surface area contributed by atoms with Gasteiger partial charge in [-0.1, -0.05) is 12.1 Å². The van der Waals surface area contributed by atoms with Crippen molar-refractivity contribution < 1.29 is 13.9 Å². The molecular weight excluding hydrogens is 245 g/mol. The summed E-state index contributed by atoms with van der Waals surface area (Å²) in [6, 6.07) is 6.66. The van der Waals surface area contributed by atoms with Crippen LogP contribution in [0.5, 0.6) is 0 Å². The van der Waals surface area contributed by atoms with Crippen LogP contribution >= 0.6 is 0 Å². The summed E-state index contributed by atoms with van der Waals surface area (Å²) in [5, 5.41) is 0. The van der Waals surface area contributed by atoms with Gasteiger partial charge < -0.3 is 9.64 Å². The molecule has 2 heterocycles. The molecule has 2 atom stereocenters. The second-order valence-corrected chi connectivity index (χ2v) is 5.89. The van der Waals surface area contributed by atoms with E-state index in [0.717, 1.165) is 31.4 Å². The fourth-order valence-corrected chi connectivity index (χ4v) is 3.44. The summed E-state index contributed by atoms with van der Waals surface area (Å²) < 4.78 is 18.6. The Morgan fingerprint density at radius 1 is 1.32 bits per heavy atom. The van der Waals surface area contributed by atoms with Gasteiger partial charge in [-0.05, 0) is 37.0 Å². The topological polar surface area (TPSA) is 29.5 Å². The number of benzene rings is 1. The van der Waals surface area contributed by atoms with Crippen molar-refractivity contribution in [1.82, 2.24) is 4.90 Å². The molecule has 1 aromatic carbocycles. The monoisotopic (exact) mass is 261 g/mol. The van der Waals surface area contributed by atoms with Crippen molar-refractivity contribution in [2.45, 2.75) is 36.8 Å². The molecule has 1 saturated carbocycles. The van der Waals surface area contributed by atoms with Gasteiger partial charge in [0.15, 0.2) is 0 Å². The first-order valence-corrected chi connectivity index (χ1v) is 6.88. The SMILES string of the molecule is O=C(N1CC2CC1CO2)C1(c2ccc(F)cc2)CC1. The zero-order chi connectivity index (χ0) is 13.0. The number of halogens is 1. The minimum Gasteiger partial charge on any atom is -0.374 e. The van der Waals surface area contributed by atoms with Gasteiger partial charge >= 0.3 is 0 Å². The highest BCUT2D eigenvalue weighted by atomic mass is 19.1. The van der Waals surface area contributed by atoms with E-state index in [1.54, 1.807) is 12.1 Å². The summed E-state index contributed by atoms with van der Waals surface area (Å²) in [6.45, 7) is 1.41. The number of likely N-dealkylation sites (tertiary alicyclic amines) is 1. The number of rotatable bonds is 2. The van der Waals surface area contributed by atoms with Gasteiger partial charge in [-0.25, -0.2) is 4.39 Å². The fraction of sp³-hybridized carbons (Fsp3) is 0.533. The van der Waals surface area contributed by atoms with Crippen LogP contribution in [0.2, 0.25) is 0 Å². The van der Waals surface area contributed by atoms with Gasteiger partial charge in [0.2, 0.25) is 5.91 Å². The lowest BCUT2D eigenvalue weighted by Gasteiger charge is -2.31. The predicted molar refractivity (Wildman–Crippen MR) is 67.2 cm³/mol. The molecule has 0 radical (unpaired) electrons. The van der Waals surface area contributed by atoms with Crippen LogP contribution in [0.15, 0.2) is 24.3 Å². The summed E-state index contributed by atoms with van der Waals surface area (Å²) in [7, 11) is 0. The number of fused-ring (bicyclic) bond motifs is 2. The van der Waals surface area contributed by atoms with E-state index in [9.17, 15) is 9.18 Å². The Hall–Kier alpha value is -1.42. The van der Waals surface area contributed by atoms with E-state index < -0.39 is 0 Å². The summed E-state index contributed by atoms with van der Waals surface area (Å²) in [6.07, 6.45) is 2.97. The van der Waals surface area contributed by atoms with Crippen molar-refractivity contribution in [2.24, 2.45) is 0 Å². The van der Waals surface area contributed by atoms with E-state index in [0.29, 0.717) is 6.61 Å². The van der Waals surface area contributed by atoms with Gasteiger partial charge in [-0.2, -0.15) is 0 Å². The molecule has 4 rings (SSSR count). The molecule has 19 heavy (non-hydrogen) atoms. The number of hydrogen-bond acceptors (Lipinski definition) is 2. The first-order chi connectivity index (χ1) is 9.19. The average Bonchev–Trinajstić information content (AvgIpc) is 2.96. The normalized spacial score (nSPS) is 30.7. The highest BCUT2D eigenvalue weighted by Crippen LogP contribution is 2.50. The number of amides is 1. The van der Waals surface area contributed by atoms with Crippen LogP contribution in [0, 0.1) is 5.82 Å². The van der Waals surface area contributed by atoms with E-state index in [1.807, 2.05) is 4.90 Å². The molecule has 2 saturated heterocycles. The van der Waals surface area contributed by atoms with Gasteiger partial charge in [0.05, 0.1) is 24.2 Å². The van der Waals surface area contributed by atoms with E-state index in [2.05, 4.69) is 0 Å². The van der Waals surface area contributed by atoms with Gasteiger partial charge in [0, 0.05) is 6.54 Å². The molecule has 0 spiro atoms. The summed E-state index contributed by atoms with van der Waals surface area (Å²) in [4.78, 5) is 14.8. The Morgan fingerprint density at radius 2 is 2.05 bits per heavy atom. The third-order valence-electron chi connectivity index (χ3n) is 4.72. The first-order valence-electron chi connectivity index (χ1n) is 6.88. The Balaban J connectivity index is 1.61. The maximum Gasteiger partial charge on any atom is 0.233 e.